The third-order valence-corrected chi connectivity index (χ3v) is 3.94. The van der Waals surface area contributed by atoms with Crippen LogP contribution in [0, 0.1) is 13.8 Å². The number of nitrogens with one attached hydrogen (secondary N) is 1. The highest BCUT2D eigenvalue weighted by atomic mass is 16.5. The van der Waals surface area contributed by atoms with E-state index >= 15 is 0 Å². The molecule has 0 heterocycles. The minimum absolute atomic E-state index is 0.254. The molecule has 25 heavy (non-hydrogen) atoms. The van der Waals surface area contributed by atoms with Crippen LogP contribution in [0.3, 0.4) is 0 Å². The first kappa shape index (κ1) is 18.5. The summed E-state index contributed by atoms with van der Waals surface area (Å²) in [4.78, 5) is 24.3. The van der Waals surface area contributed by atoms with E-state index in [0.29, 0.717) is 23.4 Å². The molecule has 5 heteroatoms. The second kappa shape index (κ2) is 8.33. The molecular weight excluding hydrogens is 318 g/mol. The van der Waals surface area contributed by atoms with Gasteiger partial charge in [-0.2, -0.15) is 0 Å². The molecule has 2 aromatic carbocycles. The molecule has 0 aliphatic heterocycles. The summed E-state index contributed by atoms with van der Waals surface area (Å²) in [5, 5.41) is 2.85. The number of anilines is 1. The number of hydrogen-bond acceptors (Lipinski definition) is 4. The van der Waals surface area contributed by atoms with Crippen molar-refractivity contribution in [1.82, 2.24) is 0 Å². The number of rotatable bonds is 6. The Morgan fingerprint density at radius 3 is 2.44 bits per heavy atom. The number of carbonyl (C=O) groups is 2. The zero-order chi connectivity index (χ0) is 18.4. The molecule has 1 N–H and O–H groups in total. The van der Waals surface area contributed by atoms with E-state index in [1.54, 1.807) is 18.2 Å². The van der Waals surface area contributed by atoms with Gasteiger partial charge in [0.25, 0.3) is 5.91 Å². The third kappa shape index (κ3) is 4.59. The van der Waals surface area contributed by atoms with Crippen LogP contribution in [0.25, 0.3) is 0 Å². The summed E-state index contributed by atoms with van der Waals surface area (Å²) < 4.78 is 10.6. The van der Waals surface area contributed by atoms with Crippen molar-refractivity contribution >= 4 is 17.6 Å². The number of benzene rings is 2. The molecule has 0 aliphatic carbocycles. The summed E-state index contributed by atoms with van der Waals surface area (Å²) in [7, 11) is 1.32. The number of para-hydroxylation sites is 1. The van der Waals surface area contributed by atoms with Crippen molar-refractivity contribution < 1.29 is 19.1 Å². The van der Waals surface area contributed by atoms with Gasteiger partial charge in [-0.25, -0.2) is 4.79 Å². The zero-order valence-electron chi connectivity index (χ0n) is 15.0. The summed E-state index contributed by atoms with van der Waals surface area (Å²) in [6, 6.07) is 12.6. The maximum absolute atomic E-state index is 12.6. The van der Waals surface area contributed by atoms with Crippen LogP contribution in [-0.2, 0) is 9.53 Å². The normalized spacial score (nSPS) is 11.5. The minimum atomic E-state index is -0.623. The molecule has 2 aromatic rings. The van der Waals surface area contributed by atoms with Crippen LogP contribution >= 0.6 is 0 Å². The molecule has 1 unspecified atom stereocenters. The first-order valence-electron chi connectivity index (χ1n) is 8.18. The number of methoxy groups -OCH3 is 1. The molecular formula is C20H23NO4. The first-order valence-corrected chi connectivity index (χ1v) is 8.18. The summed E-state index contributed by atoms with van der Waals surface area (Å²) in [6.07, 6.45) is -0.0992. The second-order valence-electron chi connectivity index (χ2n) is 5.79. The maximum atomic E-state index is 12.6. The van der Waals surface area contributed by atoms with Crippen molar-refractivity contribution in [2.24, 2.45) is 0 Å². The Balaban J connectivity index is 2.17. The van der Waals surface area contributed by atoms with Crippen LogP contribution in [0.4, 0.5) is 5.69 Å². The Morgan fingerprint density at radius 1 is 1.08 bits per heavy atom. The fraction of sp³-hybridized carbons (Fsp3) is 0.300. The summed E-state index contributed by atoms with van der Waals surface area (Å²) in [6.45, 7) is 5.68. The lowest BCUT2D eigenvalue weighted by atomic mass is 10.1. The van der Waals surface area contributed by atoms with Crippen molar-refractivity contribution in [2.75, 3.05) is 12.4 Å². The number of aryl methyl sites for hydroxylation is 2. The van der Waals surface area contributed by atoms with Gasteiger partial charge in [0.15, 0.2) is 6.10 Å². The van der Waals surface area contributed by atoms with Crippen LogP contribution in [-0.4, -0.2) is 25.1 Å². The molecule has 0 saturated carbocycles. The van der Waals surface area contributed by atoms with Gasteiger partial charge >= 0.3 is 5.97 Å². The molecule has 0 radical (unpaired) electrons. The van der Waals surface area contributed by atoms with Crippen LogP contribution in [0.5, 0.6) is 5.75 Å². The highest BCUT2D eigenvalue weighted by molar-refractivity contribution is 5.97. The smallest absolute Gasteiger partial charge is 0.337 e. The van der Waals surface area contributed by atoms with Gasteiger partial charge in [0.1, 0.15) is 5.75 Å². The van der Waals surface area contributed by atoms with E-state index in [9.17, 15) is 9.59 Å². The molecule has 1 amide bonds. The van der Waals surface area contributed by atoms with Gasteiger partial charge in [0, 0.05) is 5.69 Å². The first-order chi connectivity index (χ1) is 12.0. The van der Waals surface area contributed by atoms with E-state index < -0.39 is 12.1 Å². The molecule has 1 atom stereocenters. The van der Waals surface area contributed by atoms with Gasteiger partial charge in [-0.1, -0.05) is 31.2 Å². The molecule has 0 fully saturated rings. The summed E-state index contributed by atoms with van der Waals surface area (Å²) in [5.41, 5.74) is 2.78. The van der Waals surface area contributed by atoms with E-state index in [1.165, 1.54) is 7.11 Å². The number of ether oxygens (including phenoxy) is 2. The van der Waals surface area contributed by atoms with Crippen molar-refractivity contribution in [3.05, 3.63) is 59.2 Å². The van der Waals surface area contributed by atoms with E-state index in [-0.39, 0.29) is 5.91 Å². The molecule has 2 rings (SSSR count). The Hall–Kier alpha value is -2.82. The Morgan fingerprint density at radius 2 is 1.80 bits per heavy atom. The Kier molecular flexibility index (Phi) is 6.17. The second-order valence-corrected chi connectivity index (χ2v) is 5.79. The summed E-state index contributed by atoms with van der Waals surface area (Å²) >= 11 is 0. The van der Waals surface area contributed by atoms with Gasteiger partial charge in [0.2, 0.25) is 0 Å². The van der Waals surface area contributed by atoms with Gasteiger partial charge in [0.05, 0.1) is 12.7 Å². The standard InChI is InChI=1S/C20H23NO4/c1-5-17(25-18-9-7-6-8-14(18)3)19(22)21-16-12-15(20(23)24-4)11-10-13(16)2/h6-12,17H,5H2,1-4H3,(H,21,22). The number of esters is 1. The lowest BCUT2D eigenvalue weighted by Gasteiger charge is -2.19. The maximum Gasteiger partial charge on any atom is 0.337 e. The van der Waals surface area contributed by atoms with Crippen LogP contribution in [0.1, 0.15) is 34.8 Å². The monoisotopic (exact) mass is 341 g/mol. The molecule has 0 bridgehead atoms. The predicted molar refractivity (Wildman–Crippen MR) is 97.0 cm³/mol. The lowest BCUT2D eigenvalue weighted by molar-refractivity contribution is -0.122. The van der Waals surface area contributed by atoms with Crippen LogP contribution in [0.15, 0.2) is 42.5 Å². The zero-order valence-corrected chi connectivity index (χ0v) is 15.0. The van der Waals surface area contributed by atoms with Crippen molar-refractivity contribution in [2.45, 2.75) is 33.3 Å². The number of amides is 1. The van der Waals surface area contributed by atoms with E-state index in [1.807, 2.05) is 45.0 Å². The van der Waals surface area contributed by atoms with Gasteiger partial charge < -0.3 is 14.8 Å². The van der Waals surface area contributed by atoms with Gasteiger partial charge in [-0.05, 0) is 49.6 Å². The average Bonchev–Trinajstić information content (AvgIpc) is 2.62. The molecule has 132 valence electrons. The van der Waals surface area contributed by atoms with Crippen LogP contribution in [0.2, 0.25) is 0 Å². The van der Waals surface area contributed by atoms with Crippen molar-refractivity contribution in [3.63, 3.8) is 0 Å². The third-order valence-electron chi connectivity index (χ3n) is 3.94. The van der Waals surface area contributed by atoms with Crippen LogP contribution < -0.4 is 10.1 Å². The van der Waals surface area contributed by atoms with E-state index in [4.69, 9.17) is 9.47 Å². The van der Waals surface area contributed by atoms with E-state index in [0.717, 1.165) is 11.1 Å². The quantitative estimate of drug-likeness (QED) is 0.810. The highest BCUT2D eigenvalue weighted by Gasteiger charge is 2.20. The molecule has 0 saturated heterocycles. The fourth-order valence-corrected chi connectivity index (χ4v) is 2.38. The van der Waals surface area contributed by atoms with Crippen molar-refractivity contribution in [1.29, 1.82) is 0 Å². The van der Waals surface area contributed by atoms with E-state index in [2.05, 4.69) is 5.32 Å². The van der Waals surface area contributed by atoms with Gasteiger partial charge in [-0.15, -0.1) is 0 Å². The molecule has 0 spiro atoms. The Bertz CT molecular complexity index is 770. The fourth-order valence-electron chi connectivity index (χ4n) is 2.38. The lowest BCUT2D eigenvalue weighted by Crippen LogP contribution is -2.32. The number of hydrogen-bond donors (Lipinski definition) is 1. The van der Waals surface area contributed by atoms with Gasteiger partial charge in [-0.3, -0.25) is 4.79 Å². The Labute approximate surface area is 148 Å². The SMILES string of the molecule is CCC(Oc1ccccc1C)C(=O)Nc1cc(C(=O)OC)ccc1C. The highest BCUT2D eigenvalue weighted by Crippen LogP contribution is 2.21. The molecule has 0 aliphatic rings. The average molecular weight is 341 g/mol. The molecule has 0 aromatic heterocycles. The largest absolute Gasteiger partial charge is 0.480 e. The topological polar surface area (TPSA) is 64.6 Å². The predicted octanol–water partition coefficient (Wildman–Crippen LogP) is 3.89. The summed E-state index contributed by atoms with van der Waals surface area (Å²) in [5.74, 6) is -0.0147. The minimum Gasteiger partial charge on any atom is -0.480 e. The molecule has 5 nitrogen and oxygen atoms in total. The number of carbonyl (C=O) groups excluding carboxylic acids is 2. The van der Waals surface area contributed by atoms with Crippen molar-refractivity contribution in [3.8, 4) is 5.75 Å².